The fourth-order valence-electron chi connectivity index (χ4n) is 0.670. The summed E-state index contributed by atoms with van der Waals surface area (Å²) in [6.07, 6.45) is 3.78. The summed E-state index contributed by atoms with van der Waals surface area (Å²) >= 11 is 0. The van der Waals surface area contributed by atoms with E-state index in [0.717, 1.165) is 12.7 Å². The molecule has 0 saturated carbocycles. The smallest absolute Gasteiger partial charge is 0.125 e. The van der Waals surface area contributed by atoms with Crippen LogP contribution < -0.4 is 0 Å². The van der Waals surface area contributed by atoms with E-state index in [2.05, 4.69) is 13.5 Å². The fraction of sp³-hybridized carbons (Fsp3) is 0.667. The molecule has 0 radical (unpaired) electrons. The fourth-order valence-corrected chi connectivity index (χ4v) is 0.670. The Kier molecular flexibility index (Phi) is 3.34. The SMILES string of the molecule is C=CCC(C)C(C)(C)C=O. The first-order valence-corrected chi connectivity index (χ1v) is 3.62. The number of hydrogen-bond donors (Lipinski definition) is 0. The van der Waals surface area contributed by atoms with E-state index in [0.29, 0.717) is 5.92 Å². The van der Waals surface area contributed by atoms with Crippen LogP contribution in [-0.4, -0.2) is 6.29 Å². The van der Waals surface area contributed by atoms with Crippen molar-refractivity contribution in [3.8, 4) is 0 Å². The minimum Gasteiger partial charge on any atom is -0.303 e. The van der Waals surface area contributed by atoms with Crippen LogP contribution in [0, 0.1) is 11.3 Å². The minimum absolute atomic E-state index is 0.200. The molecule has 0 aromatic rings. The number of carbonyl (C=O) groups excluding carboxylic acids is 1. The summed E-state index contributed by atoms with van der Waals surface area (Å²) in [7, 11) is 0. The van der Waals surface area contributed by atoms with E-state index in [4.69, 9.17) is 0 Å². The first kappa shape index (κ1) is 9.41. The highest BCUT2D eigenvalue weighted by atomic mass is 16.1. The van der Waals surface area contributed by atoms with Crippen LogP contribution in [0.3, 0.4) is 0 Å². The summed E-state index contributed by atoms with van der Waals surface area (Å²) in [6, 6.07) is 0. The Bertz CT molecular complexity index is 125. The topological polar surface area (TPSA) is 17.1 Å². The predicted octanol–water partition coefficient (Wildman–Crippen LogP) is 2.42. The average Bonchev–Trinajstić information content (AvgIpc) is 1.89. The number of aldehydes is 1. The summed E-state index contributed by atoms with van der Waals surface area (Å²) in [4.78, 5) is 10.5. The van der Waals surface area contributed by atoms with E-state index in [-0.39, 0.29) is 5.41 Å². The van der Waals surface area contributed by atoms with Crippen molar-refractivity contribution in [3.05, 3.63) is 12.7 Å². The van der Waals surface area contributed by atoms with Gasteiger partial charge in [-0.2, -0.15) is 0 Å². The number of rotatable bonds is 4. The lowest BCUT2D eigenvalue weighted by Gasteiger charge is -2.23. The molecule has 0 heterocycles. The van der Waals surface area contributed by atoms with Gasteiger partial charge in [0.05, 0.1) is 0 Å². The summed E-state index contributed by atoms with van der Waals surface area (Å²) in [5, 5.41) is 0. The molecule has 0 fully saturated rings. The zero-order chi connectivity index (χ0) is 8.20. The molecule has 1 heteroatoms. The van der Waals surface area contributed by atoms with Crippen molar-refractivity contribution < 1.29 is 4.79 Å². The average molecular weight is 140 g/mol. The first-order valence-electron chi connectivity index (χ1n) is 3.62. The lowest BCUT2D eigenvalue weighted by molar-refractivity contribution is -0.116. The number of carbonyl (C=O) groups is 1. The molecule has 0 aromatic heterocycles. The second-order valence-corrected chi connectivity index (χ2v) is 3.36. The van der Waals surface area contributed by atoms with Crippen molar-refractivity contribution in [2.45, 2.75) is 27.2 Å². The molecule has 0 spiro atoms. The molecule has 10 heavy (non-hydrogen) atoms. The van der Waals surface area contributed by atoms with Crippen molar-refractivity contribution >= 4 is 6.29 Å². The highest BCUT2D eigenvalue weighted by Crippen LogP contribution is 2.26. The number of allylic oxidation sites excluding steroid dienone is 1. The van der Waals surface area contributed by atoms with Gasteiger partial charge < -0.3 is 4.79 Å². The summed E-state index contributed by atoms with van der Waals surface area (Å²) in [5.41, 5.74) is -0.200. The highest BCUT2D eigenvalue weighted by Gasteiger charge is 2.23. The monoisotopic (exact) mass is 140 g/mol. The van der Waals surface area contributed by atoms with Crippen molar-refractivity contribution in [2.24, 2.45) is 11.3 Å². The molecule has 58 valence electrons. The van der Waals surface area contributed by atoms with Gasteiger partial charge in [0.15, 0.2) is 0 Å². The lowest BCUT2D eigenvalue weighted by atomic mass is 9.80. The third-order valence-corrected chi connectivity index (χ3v) is 2.09. The summed E-state index contributed by atoms with van der Waals surface area (Å²) in [6.45, 7) is 9.60. The molecule has 1 nitrogen and oxygen atoms in total. The van der Waals surface area contributed by atoms with Crippen molar-refractivity contribution in [1.82, 2.24) is 0 Å². The van der Waals surface area contributed by atoms with Gasteiger partial charge in [0.1, 0.15) is 6.29 Å². The molecule has 0 rings (SSSR count). The van der Waals surface area contributed by atoms with Crippen molar-refractivity contribution in [3.63, 3.8) is 0 Å². The maximum atomic E-state index is 10.5. The van der Waals surface area contributed by atoms with Crippen LogP contribution in [0.2, 0.25) is 0 Å². The van der Waals surface area contributed by atoms with Gasteiger partial charge in [-0.05, 0) is 12.3 Å². The molecule has 0 amide bonds. The largest absolute Gasteiger partial charge is 0.303 e. The van der Waals surface area contributed by atoms with Crippen molar-refractivity contribution in [1.29, 1.82) is 0 Å². The Hall–Kier alpha value is -0.590. The van der Waals surface area contributed by atoms with E-state index in [1.54, 1.807) is 0 Å². The Balaban J connectivity index is 4.02. The molecular formula is C9H16O. The summed E-state index contributed by atoms with van der Waals surface area (Å²) < 4.78 is 0. The molecule has 0 saturated heterocycles. The second kappa shape index (κ2) is 3.55. The molecule has 0 aliphatic carbocycles. The van der Waals surface area contributed by atoms with Gasteiger partial charge in [0, 0.05) is 5.41 Å². The van der Waals surface area contributed by atoms with Crippen LogP contribution in [-0.2, 0) is 4.79 Å². The van der Waals surface area contributed by atoms with E-state index in [1.807, 2.05) is 19.9 Å². The van der Waals surface area contributed by atoms with Gasteiger partial charge >= 0.3 is 0 Å². The Labute approximate surface area is 63.1 Å². The maximum Gasteiger partial charge on any atom is 0.125 e. The van der Waals surface area contributed by atoms with Gasteiger partial charge in [0.2, 0.25) is 0 Å². The number of hydrogen-bond acceptors (Lipinski definition) is 1. The van der Waals surface area contributed by atoms with E-state index < -0.39 is 0 Å². The van der Waals surface area contributed by atoms with Gasteiger partial charge in [-0.3, -0.25) is 0 Å². The predicted molar refractivity (Wildman–Crippen MR) is 43.8 cm³/mol. The highest BCUT2D eigenvalue weighted by molar-refractivity contribution is 5.58. The van der Waals surface area contributed by atoms with Crippen LogP contribution in [0.5, 0.6) is 0 Å². The molecular weight excluding hydrogens is 124 g/mol. The van der Waals surface area contributed by atoms with Crippen LogP contribution in [0.15, 0.2) is 12.7 Å². The quantitative estimate of drug-likeness (QED) is 0.433. The first-order chi connectivity index (χ1) is 4.54. The zero-order valence-corrected chi connectivity index (χ0v) is 7.05. The molecule has 0 N–H and O–H groups in total. The molecule has 1 atom stereocenters. The lowest BCUT2D eigenvalue weighted by Crippen LogP contribution is -2.22. The van der Waals surface area contributed by atoms with Gasteiger partial charge in [-0.1, -0.05) is 26.8 Å². The third-order valence-electron chi connectivity index (χ3n) is 2.09. The second-order valence-electron chi connectivity index (χ2n) is 3.36. The van der Waals surface area contributed by atoms with Crippen LogP contribution in [0.25, 0.3) is 0 Å². The Morgan fingerprint density at radius 2 is 2.10 bits per heavy atom. The molecule has 0 aromatic carbocycles. The summed E-state index contributed by atoms with van der Waals surface area (Å²) in [5.74, 6) is 0.391. The van der Waals surface area contributed by atoms with E-state index >= 15 is 0 Å². The van der Waals surface area contributed by atoms with Crippen LogP contribution >= 0.6 is 0 Å². The van der Waals surface area contributed by atoms with Gasteiger partial charge in [-0.15, -0.1) is 6.58 Å². The zero-order valence-electron chi connectivity index (χ0n) is 7.05. The normalized spacial score (nSPS) is 14.3. The van der Waals surface area contributed by atoms with Crippen molar-refractivity contribution in [2.75, 3.05) is 0 Å². The van der Waals surface area contributed by atoms with Crippen LogP contribution in [0.4, 0.5) is 0 Å². The van der Waals surface area contributed by atoms with E-state index in [9.17, 15) is 4.79 Å². The Morgan fingerprint density at radius 3 is 2.40 bits per heavy atom. The minimum atomic E-state index is -0.200. The molecule has 0 bridgehead atoms. The third kappa shape index (κ3) is 2.34. The molecule has 0 aliphatic rings. The maximum absolute atomic E-state index is 10.5. The molecule has 1 unspecified atom stereocenters. The van der Waals surface area contributed by atoms with Gasteiger partial charge in [-0.25, -0.2) is 0 Å². The van der Waals surface area contributed by atoms with Gasteiger partial charge in [0.25, 0.3) is 0 Å². The Morgan fingerprint density at radius 1 is 1.60 bits per heavy atom. The molecule has 0 aliphatic heterocycles. The van der Waals surface area contributed by atoms with Crippen LogP contribution in [0.1, 0.15) is 27.2 Å². The van der Waals surface area contributed by atoms with E-state index in [1.165, 1.54) is 0 Å². The standard InChI is InChI=1S/C9H16O/c1-5-6-8(2)9(3,4)7-10/h5,7-8H,1,6H2,2-4H3.